The number of carbonyl (C=O) groups excluding carboxylic acids is 1. The molecule has 1 aromatic rings. The molecule has 1 amide bonds. The van der Waals surface area contributed by atoms with Gasteiger partial charge in [-0.2, -0.15) is 4.31 Å². The van der Waals surface area contributed by atoms with Crippen molar-refractivity contribution in [1.29, 1.82) is 0 Å². The van der Waals surface area contributed by atoms with Gasteiger partial charge in [0.25, 0.3) is 0 Å². The van der Waals surface area contributed by atoms with Gasteiger partial charge in [-0.05, 0) is 44.9 Å². The second kappa shape index (κ2) is 7.31. The van der Waals surface area contributed by atoms with E-state index in [1.165, 1.54) is 10.7 Å². The van der Waals surface area contributed by atoms with Crippen LogP contribution in [-0.2, 0) is 14.8 Å². The van der Waals surface area contributed by atoms with E-state index in [9.17, 15) is 13.2 Å². The minimum absolute atomic E-state index is 0.0943. The van der Waals surface area contributed by atoms with Crippen LogP contribution in [0.1, 0.15) is 57.4 Å². The topological polar surface area (TPSA) is 92.5 Å². The molecule has 1 aromatic heterocycles. The molecule has 1 aliphatic carbocycles. The molecule has 146 valence electrons. The number of rotatable bonds is 4. The summed E-state index contributed by atoms with van der Waals surface area (Å²) in [5, 5.41) is 6.89. The summed E-state index contributed by atoms with van der Waals surface area (Å²) >= 11 is 0. The van der Waals surface area contributed by atoms with Crippen molar-refractivity contribution in [2.45, 2.75) is 76.8 Å². The molecule has 0 aromatic carbocycles. The molecule has 7 nitrogen and oxygen atoms in total. The lowest BCUT2D eigenvalue weighted by Gasteiger charge is -2.35. The minimum Gasteiger partial charge on any atom is -0.360 e. The number of aromatic nitrogens is 1. The van der Waals surface area contributed by atoms with Crippen LogP contribution in [0, 0.1) is 25.7 Å². The van der Waals surface area contributed by atoms with Crippen molar-refractivity contribution in [3.05, 3.63) is 11.5 Å². The zero-order valence-electron chi connectivity index (χ0n) is 16.0. The largest absolute Gasteiger partial charge is 0.360 e. The lowest BCUT2D eigenvalue weighted by molar-refractivity contribution is -0.125. The molecule has 0 radical (unpaired) electrons. The quantitative estimate of drug-likeness (QED) is 0.862. The highest BCUT2D eigenvalue weighted by molar-refractivity contribution is 7.89. The van der Waals surface area contributed by atoms with Gasteiger partial charge in [-0.25, -0.2) is 8.42 Å². The number of aryl methyl sites for hydroxylation is 2. The fourth-order valence-corrected chi connectivity index (χ4v) is 6.27. The number of nitrogens with zero attached hydrogens (tertiary/aromatic N) is 2. The van der Waals surface area contributed by atoms with Crippen LogP contribution in [0.5, 0.6) is 0 Å². The maximum absolute atomic E-state index is 13.1. The monoisotopic (exact) mass is 383 g/mol. The fraction of sp³-hybridized carbons (Fsp3) is 0.778. The molecule has 4 unspecified atom stereocenters. The van der Waals surface area contributed by atoms with Crippen LogP contribution in [0.2, 0.25) is 0 Å². The Morgan fingerprint density at radius 2 is 1.92 bits per heavy atom. The average molecular weight is 384 g/mol. The van der Waals surface area contributed by atoms with Gasteiger partial charge >= 0.3 is 0 Å². The molecule has 1 saturated carbocycles. The first-order valence-corrected chi connectivity index (χ1v) is 10.9. The lowest BCUT2D eigenvalue weighted by Crippen LogP contribution is -2.51. The average Bonchev–Trinajstić information content (AvgIpc) is 3.19. The molecule has 2 heterocycles. The first-order chi connectivity index (χ1) is 12.2. The Hall–Kier alpha value is -1.41. The SMILES string of the molecule is Cc1noc(C)c1S(=O)(=O)N1CCCC1C(=O)NC1CCCC(C)C1C. The van der Waals surface area contributed by atoms with Crippen molar-refractivity contribution < 1.29 is 17.7 Å². The Kier molecular flexibility index (Phi) is 5.44. The van der Waals surface area contributed by atoms with E-state index >= 15 is 0 Å². The smallest absolute Gasteiger partial charge is 0.249 e. The van der Waals surface area contributed by atoms with Crippen LogP contribution >= 0.6 is 0 Å². The molecule has 2 aliphatic rings. The molecular formula is C18H29N3O4S. The number of amides is 1. The normalized spacial score (nSPS) is 30.5. The summed E-state index contributed by atoms with van der Waals surface area (Å²) in [6, 6.07) is -0.534. The zero-order valence-corrected chi connectivity index (χ0v) is 16.8. The van der Waals surface area contributed by atoms with Crippen LogP contribution in [0.25, 0.3) is 0 Å². The maximum Gasteiger partial charge on any atom is 0.249 e. The molecule has 0 bridgehead atoms. The Morgan fingerprint density at radius 1 is 1.19 bits per heavy atom. The number of hydrogen-bond acceptors (Lipinski definition) is 5. The minimum atomic E-state index is -3.80. The van der Waals surface area contributed by atoms with E-state index in [4.69, 9.17) is 4.52 Å². The van der Waals surface area contributed by atoms with E-state index in [-0.39, 0.29) is 22.6 Å². The second-order valence-electron chi connectivity index (χ2n) is 7.81. The van der Waals surface area contributed by atoms with Crippen molar-refractivity contribution in [2.24, 2.45) is 11.8 Å². The summed E-state index contributed by atoms with van der Waals surface area (Å²) in [5.74, 6) is 1.06. The van der Waals surface area contributed by atoms with Gasteiger partial charge in [0.05, 0.1) is 0 Å². The Labute approximate surface area is 155 Å². The van der Waals surface area contributed by atoms with E-state index < -0.39 is 16.1 Å². The van der Waals surface area contributed by atoms with Crippen molar-refractivity contribution in [3.8, 4) is 0 Å². The summed E-state index contributed by atoms with van der Waals surface area (Å²) < 4.78 is 32.6. The molecule has 0 spiro atoms. The summed E-state index contributed by atoms with van der Waals surface area (Å²) in [5.41, 5.74) is 0.336. The van der Waals surface area contributed by atoms with Crippen molar-refractivity contribution in [3.63, 3.8) is 0 Å². The molecule has 1 N–H and O–H groups in total. The van der Waals surface area contributed by atoms with Crippen LogP contribution < -0.4 is 5.32 Å². The first-order valence-electron chi connectivity index (χ1n) is 9.48. The Balaban J connectivity index is 1.79. The molecule has 2 fully saturated rings. The van der Waals surface area contributed by atoms with E-state index in [2.05, 4.69) is 24.3 Å². The summed E-state index contributed by atoms with van der Waals surface area (Å²) in [4.78, 5) is 13.0. The standard InChI is InChI=1S/C18H29N3O4S/c1-11-7-5-8-15(12(11)2)19-18(22)16-9-6-10-21(16)26(23,24)17-13(3)20-25-14(17)4/h11-12,15-16H,5-10H2,1-4H3,(H,19,22). The summed E-state index contributed by atoms with van der Waals surface area (Å²) in [7, 11) is -3.80. The predicted octanol–water partition coefficient (Wildman–Crippen LogP) is 2.39. The van der Waals surface area contributed by atoms with Crippen LogP contribution in [0.15, 0.2) is 9.42 Å². The molecule has 1 aliphatic heterocycles. The van der Waals surface area contributed by atoms with Crippen molar-refractivity contribution >= 4 is 15.9 Å². The third kappa shape index (κ3) is 3.41. The first kappa shape index (κ1) is 19.4. The molecule has 3 rings (SSSR count). The molecule has 4 atom stereocenters. The summed E-state index contributed by atoms with van der Waals surface area (Å²) in [6.07, 6.45) is 4.47. The third-order valence-electron chi connectivity index (χ3n) is 6.08. The van der Waals surface area contributed by atoms with Gasteiger partial charge in [-0.1, -0.05) is 31.8 Å². The van der Waals surface area contributed by atoms with Gasteiger partial charge < -0.3 is 9.84 Å². The number of sulfonamides is 1. The van der Waals surface area contributed by atoms with Crippen LogP contribution in [0.3, 0.4) is 0 Å². The van der Waals surface area contributed by atoms with Gasteiger partial charge in [-0.15, -0.1) is 0 Å². The third-order valence-corrected chi connectivity index (χ3v) is 8.23. The summed E-state index contributed by atoms with van der Waals surface area (Å²) in [6.45, 7) is 7.93. The molecular weight excluding hydrogens is 354 g/mol. The van der Waals surface area contributed by atoms with Gasteiger partial charge in [0.15, 0.2) is 5.76 Å². The lowest BCUT2D eigenvalue weighted by atomic mass is 9.78. The van der Waals surface area contributed by atoms with E-state index in [0.29, 0.717) is 36.9 Å². The highest BCUT2D eigenvalue weighted by Gasteiger charge is 2.42. The number of hydrogen-bond donors (Lipinski definition) is 1. The van der Waals surface area contributed by atoms with E-state index in [1.54, 1.807) is 13.8 Å². The fourth-order valence-electron chi connectivity index (χ4n) is 4.31. The van der Waals surface area contributed by atoms with Crippen molar-refractivity contribution in [1.82, 2.24) is 14.8 Å². The van der Waals surface area contributed by atoms with Gasteiger partial charge in [0, 0.05) is 12.6 Å². The van der Waals surface area contributed by atoms with E-state index in [1.807, 2.05) is 0 Å². The molecule has 1 saturated heterocycles. The predicted molar refractivity (Wildman–Crippen MR) is 97.0 cm³/mol. The van der Waals surface area contributed by atoms with Crippen LogP contribution in [-0.4, -0.2) is 42.4 Å². The molecule has 26 heavy (non-hydrogen) atoms. The van der Waals surface area contributed by atoms with E-state index in [0.717, 1.165) is 12.8 Å². The molecule has 8 heteroatoms. The maximum atomic E-state index is 13.1. The highest BCUT2D eigenvalue weighted by Crippen LogP contribution is 2.32. The van der Waals surface area contributed by atoms with Crippen LogP contribution in [0.4, 0.5) is 0 Å². The Morgan fingerprint density at radius 3 is 2.58 bits per heavy atom. The van der Waals surface area contributed by atoms with Gasteiger partial charge in [0.2, 0.25) is 15.9 Å². The zero-order chi connectivity index (χ0) is 19.1. The highest BCUT2D eigenvalue weighted by atomic mass is 32.2. The van der Waals surface area contributed by atoms with Crippen molar-refractivity contribution in [2.75, 3.05) is 6.54 Å². The second-order valence-corrected chi connectivity index (χ2v) is 9.64. The number of nitrogens with one attached hydrogen (secondary N) is 1. The number of carbonyl (C=O) groups is 1. The van der Waals surface area contributed by atoms with Gasteiger partial charge in [0.1, 0.15) is 16.6 Å². The van der Waals surface area contributed by atoms with Gasteiger partial charge in [-0.3, -0.25) is 4.79 Å². The Bertz CT molecular complexity index is 754.